The molecule has 4 nitrogen and oxygen atoms in total. The van der Waals surface area contributed by atoms with Crippen LogP contribution in [0.3, 0.4) is 0 Å². The molecular formula is C13H16ClNO3. The SMILES string of the molecule is Cc1c(Cl)cccc1C(=O)NC(C)C(C)C(=O)O. The summed E-state index contributed by atoms with van der Waals surface area (Å²) in [5, 5.41) is 12.0. The molecule has 0 spiro atoms. The predicted molar refractivity (Wildman–Crippen MR) is 69.9 cm³/mol. The molecule has 18 heavy (non-hydrogen) atoms. The smallest absolute Gasteiger partial charge is 0.308 e. The van der Waals surface area contributed by atoms with Gasteiger partial charge in [-0.2, -0.15) is 0 Å². The van der Waals surface area contributed by atoms with E-state index in [1.54, 1.807) is 39.0 Å². The van der Waals surface area contributed by atoms with Crippen molar-refractivity contribution < 1.29 is 14.7 Å². The molecule has 0 aromatic heterocycles. The normalized spacial score (nSPS) is 13.8. The summed E-state index contributed by atoms with van der Waals surface area (Å²) in [5.74, 6) is -1.89. The number of carbonyl (C=O) groups is 2. The van der Waals surface area contributed by atoms with Crippen LogP contribution < -0.4 is 5.32 Å². The fourth-order valence-corrected chi connectivity index (χ4v) is 1.65. The Balaban J connectivity index is 2.83. The maximum atomic E-state index is 12.0. The monoisotopic (exact) mass is 269 g/mol. The third-order valence-corrected chi connectivity index (χ3v) is 3.42. The van der Waals surface area contributed by atoms with Crippen molar-refractivity contribution >= 4 is 23.5 Å². The van der Waals surface area contributed by atoms with Crippen molar-refractivity contribution in [3.63, 3.8) is 0 Å². The lowest BCUT2D eigenvalue weighted by Crippen LogP contribution is -2.40. The van der Waals surface area contributed by atoms with E-state index in [1.807, 2.05) is 0 Å². The third-order valence-electron chi connectivity index (χ3n) is 3.01. The van der Waals surface area contributed by atoms with Crippen LogP contribution in [-0.2, 0) is 4.79 Å². The molecule has 0 radical (unpaired) electrons. The Kier molecular flexibility index (Phi) is 4.73. The van der Waals surface area contributed by atoms with E-state index in [0.717, 1.165) is 0 Å². The molecule has 0 fully saturated rings. The van der Waals surface area contributed by atoms with Crippen LogP contribution in [0.4, 0.5) is 0 Å². The van der Waals surface area contributed by atoms with Crippen LogP contribution in [0.1, 0.15) is 29.8 Å². The van der Waals surface area contributed by atoms with Gasteiger partial charge >= 0.3 is 5.97 Å². The number of nitrogens with one attached hydrogen (secondary N) is 1. The van der Waals surface area contributed by atoms with Gasteiger partial charge in [0.1, 0.15) is 0 Å². The van der Waals surface area contributed by atoms with E-state index in [9.17, 15) is 9.59 Å². The van der Waals surface area contributed by atoms with Gasteiger partial charge in [-0.05, 0) is 38.5 Å². The second-order valence-electron chi connectivity index (χ2n) is 4.30. The first kappa shape index (κ1) is 14.5. The van der Waals surface area contributed by atoms with Crippen LogP contribution in [0.5, 0.6) is 0 Å². The van der Waals surface area contributed by atoms with E-state index in [0.29, 0.717) is 16.1 Å². The quantitative estimate of drug-likeness (QED) is 0.882. The fourth-order valence-electron chi connectivity index (χ4n) is 1.48. The zero-order valence-electron chi connectivity index (χ0n) is 10.5. The van der Waals surface area contributed by atoms with E-state index in [1.165, 1.54) is 0 Å². The van der Waals surface area contributed by atoms with Crippen molar-refractivity contribution in [3.8, 4) is 0 Å². The number of carboxylic acids is 1. The van der Waals surface area contributed by atoms with Gasteiger partial charge in [0.05, 0.1) is 5.92 Å². The maximum absolute atomic E-state index is 12.0. The van der Waals surface area contributed by atoms with Crippen molar-refractivity contribution in [1.29, 1.82) is 0 Å². The summed E-state index contributed by atoms with van der Waals surface area (Å²) in [6.07, 6.45) is 0. The molecule has 2 atom stereocenters. The summed E-state index contributed by atoms with van der Waals surface area (Å²) in [6.45, 7) is 4.97. The van der Waals surface area contributed by atoms with Crippen LogP contribution in [0.15, 0.2) is 18.2 Å². The molecule has 1 aromatic carbocycles. The predicted octanol–water partition coefficient (Wildman–Crippen LogP) is 2.49. The van der Waals surface area contributed by atoms with Crippen molar-refractivity contribution in [2.75, 3.05) is 0 Å². The minimum absolute atomic E-state index is 0.310. The van der Waals surface area contributed by atoms with Gasteiger partial charge in [0.2, 0.25) is 0 Å². The Labute approximate surface area is 111 Å². The van der Waals surface area contributed by atoms with Crippen LogP contribution in [0, 0.1) is 12.8 Å². The van der Waals surface area contributed by atoms with E-state index in [2.05, 4.69) is 5.32 Å². The highest BCUT2D eigenvalue weighted by Gasteiger charge is 2.22. The van der Waals surface area contributed by atoms with Gasteiger partial charge < -0.3 is 10.4 Å². The molecule has 0 aliphatic heterocycles. The Morgan fingerprint density at radius 3 is 2.50 bits per heavy atom. The van der Waals surface area contributed by atoms with Crippen LogP contribution in [0.2, 0.25) is 5.02 Å². The van der Waals surface area contributed by atoms with Crippen molar-refractivity contribution in [2.45, 2.75) is 26.8 Å². The Morgan fingerprint density at radius 1 is 1.33 bits per heavy atom. The van der Waals surface area contributed by atoms with Gasteiger partial charge in [0, 0.05) is 16.6 Å². The molecule has 5 heteroatoms. The Morgan fingerprint density at radius 2 is 1.94 bits per heavy atom. The molecule has 0 saturated heterocycles. The summed E-state index contributed by atoms with van der Waals surface area (Å²) in [7, 11) is 0. The van der Waals surface area contributed by atoms with Crippen molar-refractivity contribution in [3.05, 3.63) is 34.3 Å². The van der Waals surface area contributed by atoms with E-state index >= 15 is 0 Å². The molecule has 98 valence electrons. The number of benzene rings is 1. The van der Waals surface area contributed by atoms with Gasteiger partial charge in [0.25, 0.3) is 5.91 Å². The molecule has 0 saturated carbocycles. The molecule has 1 amide bonds. The number of hydrogen-bond donors (Lipinski definition) is 2. The molecule has 1 aromatic rings. The number of halogens is 1. The van der Waals surface area contributed by atoms with Crippen molar-refractivity contribution in [2.24, 2.45) is 5.92 Å². The average Bonchev–Trinajstić information content (AvgIpc) is 2.31. The average molecular weight is 270 g/mol. The number of carbonyl (C=O) groups excluding carboxylic acids is 1. The summed E-state index contributed by atoms with van der Waals surface area (Å²) in [5.41, 5.74) is 1.15. The van der Waals surface area contributed by atoms with Gasteiger partial charge in [-0.3, -0.25) is 9.59 Å². The topological polar surface area (TPSA) is 66.4 Å². The molecule has 2 unspecified atom stereocenters. The first-order valence-electron chi connectivity index (χ1n) is 5.63. The standard InChI is InChI=1S/C13H16ClNO3/c1-7(13(17)18)9(3)15-12(16)10-5-4-6-11(14)8(10)2/h4-7,9H,1-3H3,(H,15,16)(H,17,18). The molecule has 0 heterocycles. The number of rotatable bonds is 4. The highest BCUT2D eigenvalue weighted by molar-refractivity contribution is 6.31. The zero-order chi connectivity index (χ0) is 13.9. The minimum atomic E-state index is -0.939. The number of amides is 1. The molecule has 1 rings (SSSR count). The van der Waals surface area contributed by atoms with E-state index in [4.69, 9.17) is 16.7 Å². The lowest BCUT2D eigenvalue weighted by atomic mass is 10.0. The van der Waals surface area contributed by atoms with Gasteiger partial charge in [-0.15, -0.1) is 0 Å². The van der Waals surface area contributed by atoms with Crippen molar-refractivity contribution in [1.82, 2.24) is 5.32 Å². The highest BCUT2D eigenvalue weighted by atomic mass is 35.5. The summed E-state index contributed by atoms with van der Waals surface area (Å²) < 4.78 is 0. The summed E-state index contributed by atoms with van der Waals surface area (Å²) in [4.78, 5) is 22.8. The first-order valence-corrected chi connectivity index (χ1v) is 6.01. The number of aliphatic carboxylic acids is 1. The molecule has 0 bridgehead atoms. The highest BCUT2D eigenvalue weighted by Crippen LogP contribution is 2.19. The van der Waals surface area contributed by atoms with E-state index < -0.39 is 17.9 Å². The minimum Gasteiger partial charge on any atom is -0.481 e. The third kappa shape index (κ3) is 3.23. The molecular weight excluding hydrogens is 254 g/mol. The zero-order valence-corrected chi connectivity index (χ0v) is 11.3. The molecule has 2 N–H and O–H groups in total. The second-order valence-corrected chi connectivity index (χ2v) is 4.71. The molecule has 0 aliphatic rings. The summed E-state index contributed by atoms with van der Waals surface area (Å²) in [6, 6.07) is 4.61. The van der Waals surface area contributed by atoms with Crippen LogP contribution >= 0.6 is 11.6 Å². The lowest BCUT2D eigenvalue weighted by Gasteiger charge is -2.18. The van der Waals surface area contributed by atoms with Gasteiger partial charge in [-0.25, -0.2) is 0 Å². The first-order chi connectivity index (χ1) is 8.34. The molecule has 0 aliphatic carbocycles. The Bertz CT molecular complexity index is 473. The van der Waals surface area contributed by atoms with E-state index in [-0.39, 0.29) is 5.91 Å². The second kappa shape index (κ2) is 5.87. The van der Waals surface area contributed by atoms with Crippen LogP contribution in [-0.4, -0.2) is 23.0 Å². The summed E-state index contributed by atoms with van der Waals surface area (Å²) >= 11 is 5.93. The van der Waals surface area contributed by atoms with Crippen LogP contribution in [0.25, 0.3) is 0 Å². The lowest BCUT2D eigenvalue weighted by molar-refractivity contribution is -0.141. The van der Waals surface area contributed by atoms with Gasteiger partial charge in [0.15, 0.2) is 0 Å². The fraction of sp³-hybridized carbons (Fsp3) is 0.385. The van der Waals surface area contributed by atoms with Gasteiger partial charge in [-0.1, -0.05) is 17.7 Å². The largest absolute Gasteiger partial charge is 0.481 e. The Hall–Kier alpha value is -1.55. The number of hydrogen-bond acceptors (Lipinski definition) is 2. The number of carboxylic acid groups (broad SMARTS) is 1. The maximum Gasteiger partial charge on any atom is 0.308 e.